The summed E-state index contributed by atoms with van der Waals surface area (Å²) in [6, 6.07) is 163. The van der Waals surface area contributed by atoms with E-state index < -0.39 is 0 Å². The minimum absolute atomic E-state index is 0.709. The van der Waals surface area contributed by atoms with Gasteiger partial charge in [0.15, 0.2) is 0 Å². The molecule has 0 N–H and O–H groups in total. The quantitative estimate of drug-likeness (QED) is 0.130. The van der Waals surface area contributed by atoms with Gasteiger partial charge in [0.25, 0.3) is 0 Å². The number of rotatable bonds is 11. The van der Waals surface area contributed by atoms with Crippen LogP contribution in [0.2, 0.25) is 15.1 Å². The minimum atomic E-state index is 0.709. The zero-order valence-corrected chi connectivity index (χ0v) is 76.1. The summed E-state index contributed by atoms with van der Waals surface area (Å²) >= 11 is 21.3. The molecule has 136 heavy (non-hydrogen) atoms. The Labute approximate surface area is 800 Å². The van der Waals surface area contributed by atoms with E-state index in [1.807, 2.05) is 72.0 Å². The number of hydrogen-bond donors (Lipinski definition) is 0. The Bertz CT molecular complexity index is 9660. The van der Waals surface area contributed by atoms with E-state index in [9.17, 15) is 0 Å². The number of halogens is 3. The van der Waals surface area contributed by atoms with Gasteiger partial charge in [-0.25, -0.2) is 0 Å². The number of fused-ring (bicyclic) bond motifs is 21. The molecule has 6 nitrogen and oxygen atoms in total. The summed E-state index contributed by atoms with van der Waals surface area (Å²) in [6.45, 7) is 0. The molecule has 0 aliphatic rings. The molecule has 640 valence electrons. The zero-order valence-electron chi connectivity index (χ0n) is 73.0. The van der Waals surface area contributed by atoms with Crippen LogP contribution < -0.4 is 0 Å². The number of benzene rings is 21. The van der Waals surface area contributed by atoms with E-state index in [4.69, 9.17) is 48.1 Å². The van der Waals surface area contributed by atoms with Crippen LogP contribution in [0.1, 0.15) is 0 Å². The van der Waals surface area contributed by atoms with Crippen LogP contribution in [0.15, 0.2) is 474 Å². The maximum atomic E-state index is 6.78. The van der Waals surface area contributed by atoms with Gasteiger partial charge in [0, 0.05) is 117 Å². The van der Waals surface area contributed by atoms with Gasteiger partial charge < -0.3 is 27.0 Å². The summed E-state index contributed by atoms with van der Waals surface area (Å²) in [6.07, 6.45) is 0. The summed E-state index contributed by atoms with van der Waals surface area (Å²) in [7, 11) is 0. The molecule has 0 atom stereocenters. The van der Waals surface area contributed by atoms with Crippen molar-refractivity contribution in [3.8, 4) is 106 Å². The van der Waals surface area contributed by atoms with Gasteiger partial charge in [-0.05, 0) is 301 Å². The molecule has 28 rings (SSSR count). The summed E-state index contributed by atoms with van der Waals surface area (Å²) in [5.41, 5.74) is 33.9. The largest absolute Gasteiger partial charge is 0.456 e. The number of nitrogens with zero attached hydrogens (tertiary/aromatic N) is 3. The highest BCUT2D eigenvalue weighted by Gasteiger charge is 2.22. The fraction of sp³-hybridized carbons (Fsp3) is 0. The van der Waals surface area contributed by atoms with Gasteiger partial charge in [0.1, 0.15) is 33.5 Å². The molecule has 7 aromatic heterocycles. The lowest BCUT2D eigenvalue weighted by atomic mass is 9.97. The van der Waals surface area contributed by atoms with Crippen LogP contribution in [0.25, 0.3) is 257 Å². The summed E-state index contributed by atoms with van der Waals surface area (Å²) in [5, 5.41) is 18.9. The van der Waals surface area contributed by atoms with E-state index in [2.05, 4.69) is 414 Å². The summed E-state index contributed by atoms with van der Waals surface area (Å²) < 4.78 is 28.9. The fourth-order valence-corrected chi connectivity index (χ4v) is 22.1. The van der Waals surface area contributed by atoms with E-state index in [0.717, 1.165) is 155 Å². The minimum Gasteiger partial charge on any atom is -0.456 e. The highest BCUT2D eigenvalue weighted by atomic mass is 35.5. The van der Waals surface area contributed by atoms with Crippen molar-refractivity contribution < 1.29 is 13.3 Å². The van der Waals surface area contributed by atoms with Crippen molar-refractivity contribution in [2.45, 2.75) is 0 Å². The summed E-state index contributed by atoms with van der Waals surface area (Å²) in [4.78, 5) is 0. The first kappa shape index (κ1) is 80.4. The number of thiophene rings is 1. The van der Waals surface area contributed by atoms with Gasteiger partial charge in [-0.3, -0.25) is 0 Å². The third kappa shape index (κ3) is 14.2. The Hall–Kier alpha value is -16.5. The lowest BCUT2D eigenvalue weighted by Crippen LogP contribution is -1.93. The second kappa shape index (κ2) is 33.1. The molecule has 0 aliphatic carbocycles. The van der Waals surface area contributed by atoms with Crippen LogP contribution in [0, 0.1) is 0 Å². The molecular formula is C126H76Cl3N3O3S. The van der Waals surface area contributed by atoms with Gasteiger partial charge in [-0.2, -0.15) is 0 Å². The first-order valence-electron chi connectivity index (χ1n) is 45.6. The van der Waals surface area contributed by atoms with Crippen LogP contribution >= 0.6 is 46.1 Å². The SMILES string of the molecule is Clc1cc(-c2ccc3c(c2)oc2ccc(-c4ccc5c6ccccc6n(-c6ccccc6)c5c4)cc23)cc(-c2ccc3sc4ccccc4c3c2)c1.Clc1cc(-c2ccccc2)cc(-c2ccc3c(c2)oc2ccc(-c4ccc5c6ccccc6n(-c6ccccc6)c5c4)cc23)c1.Clc1ccc(-c2ccc3c(c2)oc2ccc(-c4ccc5c6ccccc6n(-c6ccccc6)c5c4)cc23)cc1. The van der Waals surface area contributed by atoms with Crippen molar-refractivity contribution in [3.05, 3.63) is 476 Å². The van der Waals surface area contributed by atoms with Crippen LogP contribution in [0.5, 0.6) is 0 Å². The van der Waals surface area contributed by atoms with E-state index in [-0.39, 0.29) is 0 Å². The van der Waals surface area contributed by atoms with Crippen molar-refractivity contribution in [1.82, 2.24) is 13.7 Å². The maximum Gasteiger partial charge on any atom is 0.136 e. The predicted octanol–water partition coefficient (Wildman–Crippen LogP) is 37.7. The van der Waals surface area contributed by atoms with Gasteiger partial charge in [0.2, 0.25) is 0 Å². The summed E-state index contributed by atoms with van der Waals surface area (Å²) in [5.74, 6) is 0. The molecule has 0 amide bonds. The average Bonchev–Trinajstić information content (AvgIpc) is 1.59. The molecule has 0 spiro atoms. The van der Waals surface area contributed by atoms with E-state index >= 15 is 0 Å². The fourth-order valence-electron chi connectivity index (χ4n) is 20.4. The molecule has 0 radical (unpaired) electrons. The molecule has 7 heterocycles. The maximum absolute atomic E-state index is 6.78. The van der Waals surface area contributed by atoms with Crippen LogP contribution in [-0.2, 0) is 0 Å². The molecule has 28 aromatic rings. The van der Waals surface area contributed by atoms with Gasteiger partial charge >= 0.3 is 0 Å². The molecule has 0 saturated heterocycles. The molecule has 0 aliphatic heterocycles. The monoisotopic (exact) mass is 1820 g/mol. The lowest BCUT2D eigenvalue weighted by molar-refractivity contribution is 0.668. The van der Waals surface area contributed by atoms with Gasteiger partial charge in [0.05, 0.1) is 33.1 Å². The second-order valence-electron chi connectivity index (χ2n) is 35.0. The zero-order chi connectivity index (χ0) is 90.2. The normalized spacial score (nSPS) is 11.8. The smallest absolute Gasteiger partial charge is 0.136 e. The van der Waals surface area contributed by atoms with Crippen molar-refractivity contribution in [2.24, 2.45) is 0 Å². The Morgan fingerprint density at radius 1 is 0.147 bits per heavy atom. The van der Waals surface area contributed by atoms with Gasteiger partial charge in [-0.1, -0.05) is 284 Å². The van der Waals surface area contributed by atoms with Crippen molar-refractivity contribution in [1.29, 1.82) is 0 Å². The molecule has 0 bridgehead atoms. The molecule has 0 fully saturated rings. The van der Waals surface area contributed by atoms with Crippen molar-refractivity contribution >= 4 is 198 Å². The Morgan fingerprint density at radius 3 is 0.809 bits per heavy atom. The molecule has 0 saturated carbocycles. The van der Waals surface area contributed by atoms with Crippen molar-refractivity contribution in [2.75, 3.05) is 0 Å². The third-order valence-corrected chi connectivity index (χ3v) is 28.8. The number of para-hydroxylation sites is 6. The molecular weight excluding hydrogens is 1740 g/mol. The number of hydrogen-bond acceptors (Lipinski definition) is 4. The molecule has 0 unspecified atom stereocenters. The van der Waals surface area contributed by atoms with Crippen molar-refractivity contribution in [3.63, 3.8) is 0 Å². The van der Waals surface area contributed by atoms with E-state index in [1.54, 1.807) is 0 Å². The van der Waals surface area contributed by atoms with Crippen LogP contribution in [-0.4, -0.2) is 13.7 Å². The first-order valence-corrected chi connectivity index (χ1v) is 47.5. The highest BCUT2D eigenvalue weighted by Crippen LogP contribution is 2.47. The predicted molar refractivity (Wildman–Crippen MR) is 576 cm³/mol. The number of aromatic nitrogens is 3. The Morgan fingerprint density at radius 2 is 0.412 bits per heavy atom. The Kier molecular flexibility index (Phi) is 19.5. The number of furan rings is 3. The average molecular weight is 1820 g/mol. The highest BCUT2D eigenvalue weighted by molar-refractivity contribution is 7.25. The van der Waals surface area contributed by atoms with E-state index in [1.165, 1.54) is 108 Å². The van der Waals surface area contributed by atoms with Crippen LogP contribution in [0.4, 0.5) is 0 Å². The third-order valence-electron chi connectivity index (χ3n) is 26.9. The molecule has 21 aromatic carbocycles. The standard InChI is InChI=1S/C48H28ClNOS.C42H26ClNO.C36H22ClNO/c49-35-23-33(30-17-21-48-42(26-30)40-11-5-7-13-47(40)52-48)22-34(24-35)32-15-19-39-41-25-29(16-20-45(41)51-46(39)28-32)31-14-18-38-37-10-4-6-12-43(37)50(44(38)27-31)36-8-2-1-3-9-36;43-33-22-31(27-9-3-1-4-10-27)21-32(23-33)30-16-19-37-38-24-28(17-20-41(38)45-42(37)26-30)29-15-18-36-35-13-7-8-14-39(35)44(40(36)25-29)34-11-5-2-6-12-34;37-27-15-10-23(11-16-27)26-13-18-31-32-20-24(14-19-35(32)39-36(31)22-26)25-12-17-30-29-8-4-5-9-33(29)38(34(30)21-25)28-6-2-1-3-7-28/h1-28H;1-26H;1-22H. The van der Waals surface area contributed by atoms with Gasteiger partial charge in [-0.15, -0.1) is 11.3 Å². The second-order valence-corrected chi connectivity index (χ2v) is 37.4. The Balaban J connectivity index is 0.000000107. The topological polar surface area (TPSA) is 54.2 Å². The van der Waals surface area contributed by atoms with E-state index in [0.29, 0.717) is 10.0 Å². The lowest BCUT2D eigenvalue weighted by Gasteiger charge is -2.09. The molecule has 10 heteroatoms. The first-order chi connectivity index (χ1) is 67.1. The van der Waals surface area contributed by atoms with Crippen LogP contribution in [0.3, 0.4) is 0 Å².